The van der Waals surface area contributed by atoms with E-state index in [1.807, 2.05) is 18.2 Å². The molecule has 0 aliphatic carbocycles. The molecule has 0 aliphatic heterocycles. The van der Waals surface area contributed by atoms with Crippen LogP contribution in [0.3, 0.4) is 0 Å². The Bertz CT molecular complexity index is 290. The van der Waals surface area contributed by atoms with Crippen LogP contribution in [-0.2, 0) is 0 Å². The van der Waals surface area contributed by atoms with Crippen LogP contribution in [0.25, 0.3) is 0 Å². The molecule has 78 valence electrons. The lowest BCUT2D eigenvalue weighted by Gasteiger charge is -2.21. The molecule has 2 atom stereocenters. The van der Waals surface area contributed by atoms with E-state index in [1.54, 1.807) is 11.8 Å². The van der Waals surface area contributed by atoms with Crippen LogP contribution in [0.2, 0.25) is 5.02 Å². The van der Waals surface area contributed by atoms with Crippen molar-refractivity contribution in [3.05, 3.63) is 34.9 Å². The highest BCUT2D eigenvalue weighted by molar-refractivity contribution is 7.98. The van der Waals surface area contributed by atoms with Crippen molar-refractivity contribution in [2.24, 2.45) is 5.73 Å². The molecule has 14 heavy (non-hydrogen) atoms. The summed E-state index contributed by atoms with van der Waals surface area (Å²) in [6, 6.07) is 8.15. The molecule has 1 aromatic carbocycles. The van der Waals surface area contributed by atoms with E-state index in [0.29, 0.717) is 5.25 Å². The number of hydrogen-bond acceptors (Lipinski definition) is 2. The third-order valence-corrected chi connectivity index (χ3v) is 3.66. The van der Waals surface area contributed by atoms with Gasteiger partial charge in [0.2, 0.25) is 0 Å². The molecule has 0 aromatic heterocycles. The first-order valence-electron chi connectivity index (χ1n) is 4.72. The number of nitrogens with two attached hydrogens (primary N) is 1. The Kier molecular flexibility index (Phi) is 4.79. The molecule has 1 aromatic rings. The van der Waals surface area contributed by atoms with Gasteiger partial charge in [-0.15, -0.1) is 0 Å². The number of thioether (sulfide) groups is 1. The molecule has 1 rings (SSSR count). The fourth-order valence-corrected chi connectivity index (χ4v) is 2.62. The van der Waals surface area contributed by atoms with E-state index in [2.05, 4.69) is 19.2 Å². The van der Waals surface area contributed by atoms with Gasteiger partial charge in [0.1, 0.15) is 0 Å². The van der Waals surface area contributed by atoms with Crippen LogP contribution in [0.5, 0.6) is 0 Å². The van der Waals surface area contributed by atoms with Gasteiger partial charge in [0.25, 0.3) is 0 Å². The molecule has 2 N–H and O–H groups in total. The van der Waals surface area contributed by atoms with Crippen molar-refractivity contribution >= 4 is 23.4 Å². The van der Waals surface area contributed by atoms with Gasteiger partial charge in [-0.2, -0.15) is 11.8 Å². The van der Waals surface area contributed by atoms with Gasteiger partial charge in [-0.1, -0.05) is 30.7 Å². The number of rotatable bonds is 4. The first-order valence-corrected chi connectivity index (χ1v) is 6.39. The van der Waals surface area contributed by atoms with E-state index in [1.165, 1.54) is 5.56 Å². The van der Waals surface area contributed by atoms with Crippen LogP contribution in [-0.4, -0.2) is 12.3 Å². The molecule has 1 nitrogen and oxygen atoms in total. The van der Waals surface area contributed by atoms with Gasteiger partial charge >= 0.3 is 0 Å². The molecule has 3 heteroatoms. The van der Waals surface area contributed by atoms with Crippen molar-refractivity contribution in [1.29, 1.82) is 0 Å². The lowest BCUT2D eigenvalue weighted by molar-refractivity contribution is 0.635. The highest BCUT2D eigenvalue weighted by Crippen LogP contribution is 2.31. The van der Waals surface area contributed by atoms with Gasteiger partial charge in [0, 0.05) is 16.3 Å². The molecule has 2 unspecified atom stereocenters. The average Bonchev–Trinajstić information content (AvgIpc) is 2.19. The molecule has 0 radical (unpaired) electrons. The van der Waals surface area contributed by atoms with Gasteiger partial charge in [-0.05, 0) is 30.4 Å². The normalized spacial score (nSPS) is 15.1. The van der Waals surface area contributed by atoms with E-state index >= 15 is 0 Å². The van der Waals surface area contributed by atoms with Crippen LogP contribution in [0.15, 0.2) is 24.3 Å². The Morgan fingerprint density at radius 1 is 1.50 bits per heavy atom. The minimum Gasteiger partial charge on any atom is -0.326 e. The Morgan fingerprint density at radius 2 is 2.21 bits per heavy atom. The minimum absolute atomic E-state index is 0.198. The van der Waals surface area contributed by atoms with E-state index in [-0.39, 0.29) is 6.04 Å². The SMILES string of the molecule is CCC(N)C(SC)c1cccc(Cl)c1. The summed E-state index contributed by atoms with van der Waals surface area (Å²) < 4.78 is 0. The first-order chi connectivity index (χ1) is 6.69. The molecule has 0 aliphatic rings. The highest BCUT2D eigenvalue weighted by atomic mass is 35.5. The Balaban J connectivity index is 2.89. The maximum absolute atomic E-state index is 6.05. The molecule has 0 saturated carbocycles. The lowest BCUT2D eigenvalue weighted by atomic mass is 10.0. The summed E-state index contributed by atoms with van der Waals surface area (Å²) in [5, 5.41) is 1.13. The second kappa shape index (κ2) is 5.64. The third kappa shape index (κ3) is 2.91. The molecule has 0 spiro atoms. The van der Waals surface area contributed by atoms with Crippen molar-refractivity contribution in [1.82, 2.24) is 0 Å². The maximum atomic E-state index is 6.05. The van der Waals surface area contributed by atoms with Gasteiger partial charge in [0.15, 0.2) is 0 Å². The fourth-order valence-electron chi connectivity index (χ4n) is 1.46. The summed E-state index contributed by atoms with van der Waals surface area (Å²) in [6.07, 6.45) is 3.07. The number of benzene rings is 1. The second-order valence-electron chi connectivity index (χ2n) is 3.28. The standard InChI is InChI=1S/C11H16ClNS/c1-3-10(13)11(14-2)8-5-4-6-9(12)7-8/h4-7,10-11H,3,13H2,1-2H3. The van der Waals surface area contributed by atoms with Crippen LogP contribution < -0.4 is 5.73 Å². The highest BCUT2D eigenvalue weighted by Gasteiger charge is 2.16. The predicted octanol–water partition coefficient (Wildman–Crippen LogP) is 3.48. The molecular formula is C11H16ClNS. The summed E-state index contributed by atoms with van der Waals surface area (Å²) in [5.74, 6) is 0. The van der Waals surface area contributed by atoms with Gasteiger partial charge < -0.3 is 5.73 Å². The van der Waals surface area contributed by atoms with E-state index in [9.17, 15) is 0 Å². The zero-order valence-electron chi connectivity index (χ0n) is 8.53. The number of halogens is 1. The summed E-state index contributed by atoms with van der Waals surface area (Å²) in [4.78, 5) is 0. The first kappa shape index (κ1) is 11.9. The Morgan fingerprint density at radius 3 is 2.71 bits per heavy atom. The molecule has 0 bridgehead atoms. The van der Waals surface area contributed by atoms with Crippen molar-refractivity contribution in [3.63, 3.8) is 0 Å². The quantitative estimate of drug-likeness (QED) is 0.856. The Labute approximate surface area is 95.0 Å². The van der Waals surface area contributed by atoms with Crippen LogP contribution in [0, 0.1) is 0 Å². The van der Waals surface area contributed by atoms with E-state index in [4.69, 9.17) is 17.3 Å². The van der Waals surface area contributed by atoms with Crippen molar-refractivity contribution in [2.75, 3.05) is 6.26 Å². The smallest absolute Gasteiger partial charge is 0.0445 e. The lowest BCUT2D eigenvalue weighted by Crippen LogP contribution is -2.25. The molecule has 0 fully saturated rings. The largest absolute Gasteiger partial charge is 0.326 e. The maximum Gasteiger partial charge on any atom is 0.0445 e. The second-order valence-corrected chi connectivity index (χ2v) is 4.70. The van der Waals surface area contributed by atoms with Crippen LogP contribution in [0.1, 0.15) is 24.2 Å². The molecule has 0 heterocycles. The van der Waals surface area contributed by atoms with Crippen molar-refractivity contribution in [3.8, 4) is 0 Å². The van der Waals surface area contributed by atoms with Gasteiger partial charge in [0.05, 0.1) is 0 Å². The molecule has 0 amide bonds. The van der Waals surface area contributed by atoms with Crippen molar-refractivity contribution in [2.45, 2.75) is 24.6 Å². The fraction of sp³-hybridized carbons (Fsp3) is 0.455. The predicted molar refractivity (Wildman–Crippen MR) is 66.0 cm³/mol. The molecular weight excluding hydrogens is 214 g/mol. The third-order valence-electron chi connectivity index (χ3n) is 2.29. The topological polar surface area (TPSA) is 26.0 Å². The average molecular weight is 230 g/mol. The summed E-state index contributed by atoms with van der Waals surface area (Å²) in [5.41, 5.74) is 7.27. The summed E-state index contributed by atoms with van der Waals surface area (Å²) >= 11 is 7.72. The van der Waals surface area contributed by atoms with Crippen LogP contribution >= 0.6 is 23.4 Å². The van der Waals surface area contributed by atoms with E-state index < -0.39 is 0 Å². The van der Waals surface area contributed by atoms with Crippen LogP contribution in [0.4, 0.5) is 0 Å². The van der Waals surface area contributed by atoms with Gasteiger partial charge in [-0.3, -0.25) is 0 Å². The van der Waals surface area contributed by atoms with Gasteiger partial charge in [-0.25, -0.2) is 0 Å². The molecule has 0 saturated heterocycles. The zero-order chi connectivity index (χ0) is 10.6. The summed E-state index contributed by atoms with van der Waals surface area (Å²) in [6.45, 7) is 2.11. The minimum atomic E-state index is 0.198. The zero-order valence-corrected chi connectivity index (χ0v) is 10.1. The van der Waals surface area contributed by atoms with E-state index in [0.717, 1.165) is 11.4 Å². The van der Waals surface area contributed by atoms with Crippen molar-refractivity contribution < 1.29 is 0 Å². The Hall–Kier alpha value is -0.180. The number of hydrogen-bond donors (Lipinski definition) is 1. The monoisotopic (exact) mass is 229 g/mol. The summed E-state index contributed by atoms with van der Waals surface area (Å²) in [7, 11) is 0.